The monoisotopic (exact) mass is 478 g/mol. The van der Waals surface area contributed by atoms with Crippen LogP contribution in [-0.4, -0.2) is 70.9 Å². The summed E-state index contributed by atoms with van der Waals surface area (Å²) in [7, 11) is 3.48. The molecule has 26 heavy (non-hydrogen) atoms. The summed E-state index contributed by atoms with van der Waals surface area (Å²) in [5, 5.41) is 13.7. The molecule has 1 aromatic heterocycles. The molecule has 0 unspecified atom stereocenters. The van der Waals surface area contributed by atoms with Gasteiger partial charge in [0.15, 0.2) is 11.8 Å². The van der Waals surface area contributed by atoms with E-state index in [1.165, 1.54) is 0 Å². The maximum atomic E-state index is 12.2. The average Bonchev–Trinajstić information content (AvgIpc) is 2.65. The van der Waals surface area contributed by atoms with Crippen LogP contribution in [0.4, 0.5) is 5.82 Å². The molecule has 0 aliphatic carbocycles. The molecule has 2 rings (SSSR count). The van der Waals surface area contributed by atoms with Gasteiger partial charge in [-0.05, 0) is 12.8 Å². The van der Waals surface area contributed by atoms with Crippen molar-refractivity contribution in [1.29, 1.82) is 0 Å². The molecule has 0 bridgehead atoms. The Labute approximate surface area is 172 Å². The topological polar surface area (TPSA) is 86.0 Å². The minimum atomic E-state index is -0.710. The maximum Gasteiger partial charge on any atom is 0.293 e. The number of rotatable bonds is 5. The summed E-state index contributed by atoms with van der Waals surface area (Å²) in [5.74, 6) is 1.29. The molecular weight excluding hydrogens is 447 g/mol. The zero-order valence-corrected chi connectivity index (χ0v) is 18.4. The number of aromatic nitrogens is 2. The smallest absolute Gasteiger partial charge is 0.293 e. The number of halogens is 1. The standard InChI is InChI=1S/C17H30N6O2.HI/c1-5-17(25,6-2)13-20-16(18-3)23-11-9-22(10-12-23)14-15(24)21(4)8-7-19-14;/h7-8,25H,5-6,9-13H2,1-4H3,(H,18,20);1H. The van der Waals surface area contributed by atoms with Crippen molar-refractivity contribution in [3.05, 3.63) is 22.7 Å². The highest BCUT2D eigenvalue weighted by atomic mass is 127. The first-order valence-electron chi connectivity index (χ1n) is 8.88. The van der Waals surface area contributed by atoms with E-state index in [2.05, 4.69) is 20.2 Å². The number of nitrogens with one attached hydrogen (secondary N) is 1. The third-order valence-electron chi connectivity index (χ3n) is 4.98. The van der Waals surface area contributed by atoms with Gasteiger partial charge in [-0.3, -0.25) is 9.79 Å². The normalized spacial score (nSPS) is 15.7. The number of guanidine groups is 1. The number of anilines is 1. The van der Waals surface area contributed by atoms with Crippen LogP contribution in [0.1, 0.15) is 26.7 Å². The molecule has 8 nitrogen and oxygen atoms in total. The Morgan fingerprint density at radius 1 is 1.31 bits per heavy atom. The molecule has 0 saturated carbocycles. The average molecular weight is 478 g/mol. The van der Waals surface area contributed by atoms with Gasteiger partial charge in [0.1, 0.15) is 0 Å². The lowest BCUT2D eigenvalue weighted by Gasteiger charge is -2.37. The van der Waals surface area contributed by atoms with Gasteiger partial charge in [0.2, 0.25) is 0 Å². The molecule has 1 fully saturated rings. The largest absolute Gasteiger partial charge is 0.388 e. The molecule has 0 amide bonds. The first-order chi connectivity index (χ1) is 11.9. The van der Waals surface area contributed by atoms with E-state index >= 15 is 0 Å². The second kappa shape index (κ2) is 10.1. The van der Waals surface area contributed by atoms with Gasteiger partial charge < -0.3 is 24.8 Å². The molecule has 0 atom stereocenters. The van der Waals surface area contributed by atoms with Crippen LogP contribution < -0.4 is 15.8 Å². The van der Waals surface area contributed by atoms with Gasteiger partial charge in [-0.25, -0.2) is 4.98 Å². The highest BCUT2D eigenvalue weighted by Crippen LogP contribution is 2.14. The first kappa shape index (κ1) is 22.7. The van der Waals surface area contributed by atoms with Crippen molar-refractivity contribution in [2.75, 3.05) is 44.7 Å². The van der Waals surface area contributed by atoms with E-state index in [9.17, 15) is 9.90 Å². The fourth-order valence-electron chi connectivity index (χ4n) is 2.91. The number of aliphatic hydroxyl groups is 1. The van der Waals surface area contributed by atoms with Crippen molar-refractivity contribution in [1.82, 2.24) is 19.8 Å². The zero-order valence-electron chi connectivity index (χ0n) is 16.1. The molecule has 0 spiro atoms. The molecule has 1 aliphatic rings. The van der Waals surface area contributed by atoms with Crippen LogP contribution in [0.25, 0.3) is 0 Å². The van der Waals surface area contributed by atoms with Crippen molar-refractivity contribution in [2.24, 2.45) is 12.0 Å². The Balaban J connectivity index is 0.00000338. The van der Waals surface area contributed by atoms with E-state index < -0.39 is 5.60 Å². The Hall–Kier alpha value is -1.36. The predicted molar refractivity (Wildman–Crippen MR) is 116 cm³/mol. The first-order valence-corrected chi connectivity index (χ1v) is 8.88. The number of hydrogen-bond donors (Lipinski definition) is 2. The molecule has 148 valence electrons. The fourth-order valence-corrected chi connectivity index (χ4v) is 2.91. The highest BCUT2D eigenvalue weighted by Gasteiger charge is 2.26. The Morgan fingerprint density at radius 3 is 2.46 bits per heavy atom. The molecule has 0 aromatic carbocycles. The lowest BCUT2D eigenvalue weighted by molar-refractivity contribution is 0.0361. The van der Waals surface area contributed by atoms with Gasteiger partial charge >= 0.3 is 0 Å². The molecular formula is C17H31IN6O2. The molecule has 1 saturated heterocycles. The SMILES string of the molecule is CCC(O)(CC)CNC(=NC)N1CCN(c2nccn(C)c2=O)CC1.I. The van der Waals surface area contributed by atoms with Crippen molar-refractivity contribution in [3.8, 4) is 0 Å². The predicted octanol–water partition coefficient (Wildman–Crippen LogP) is 0.647. The van der Waals surface area contributed by atoms with E-state index in [1.807, 2.05) is 18.7 Å². The molecule has 0 radical (unpaired) electrons. The van der Waals surface area contributed by atoms with E-state index in [0.29, 0.717) is 38.3 Å². The minimum Gasteiger partial charge on any atom is -0.388 e. The summed E-state index contributed by atoms with van der Waals surface area (Å²) in [5.41, 5.74) is -0.785. The van der Waals surface area contributed by atoms with Gasteiger partial charge in [0.25, 0.3) is 5.56 Å². The van der Waals surface area contributed by atoms with E-state index in [-0.39, 0.29) is 29.5 Å². The van der Waals surface area contributed by atoms with Gasteiger partial charge in [-0.2, -0.15) is 0 Å². The van der Waals surface area contributed by atoms with Crippen molar-refractivity contribution < 1.29 is 5.11 Å². The minimum absolute atomic E-state index is 0. The van der Waals surface area contributed by atoms with Crippen molar-refractivity contribution >= 4 is 35.8 Å². The van der Waals surface area contributed by atoms with Gasteiger partial charge in [-0.15, -0.1) is 24.0 Å². The van der Waals surface area contributed by atoms with Crippen LogP contribution in [0.15, 0.2) is 22.2 Å². The van der Waals surface area contributed by atoms with Crippen molar-refractivity contribution in [2.45, 2.75) is 32.3 Å². The van der Waals surface area contributed by atoms with Gasteiger partial charge in [-0.1, -0.05) is 13.8 Å². The summed E-state index contributed by atoms with van der Waals surface area (Å²) < 4.78 is 1.55. The van der Waals surface area contributed by atoms with E-state index in [0.717, 1.165) is 19.0 Å². The van der Waals surface area contributed by atoms with Gasteiger partial charge in [0.05, 0.1) is 5.60 Å². The second-order valence-electron chi connectivity index (χ2n) is 6.47. The van der Waals surface area contributed by atoms with E-state index in [1.54, 1.807) is 31.1 Å². The molecule has 1 aliphatic heterocycles. The third-order valence-corrected chi connectivity index (χ3v) is 4.98. The maximum absolute atomic E-state index is 12.2. The number of hydrogen-bond acceptors (Lipinski definition) is 5. The zero-order chi connectivity index (χ0) is 18.4. The Bertz CT molecular complexity index is 651. The lowest BCUT2D eigenvalue weighted by atomic mass is 9.98. The van der Waals surface area contributed by atoms with Crippen molar-refractivity contribution in [3.63, 3.8) is 0 Å². The number of aliphatic imine (C=N–C) groups is 1. The number of aryl methyl sites for hydroxylation is 1. The molecule has 1 aromatic rings. The summed E-state index contributed by atoms with van der Waals surface area (Å²) >= 11 is 0. The number of piperazine rings is 1. The van der Waals surface area contributed by atoms with Crippen LogP contribution >= 0.6 is 24.0 Å². The number of nitrogens with zero attached hydrogens (tertiary/aromatic N) is 5. The van der Waals surface area contributed by atoms with Crippen LogP contribution in [0.5, 0.6) is 0 Å². The van der Waals surface area contributed by atoms with E-state index in [4.69, 9.17) is 0 Å². The summed E-state index contributed by atoms with van der Waals surface area (Å²) in [6.07, 6.45) is 4.71. The highest BCUT2D eigenvalue weighted by molar-refractivity contribution is 14.0. The van der Waals surface area contributed by atoms with Crippen LogP contribution in [0, 0.1) is 0 Å². The molecule has 9 heteroatoms. The quantitative estimate of drug-likeness (QED) is 0.367. The Morgan fingerprint density at radius 2 is 1.92 bits per heavy atom. The second-order valence-corrected chi connectivity index (χ2v) is 6.47. The van der Waals surface area contributed by atoms with Crippen LogP contribution in [-0.2, 0) is 7.05 Å². The fraction of sp³-hybridized carbons (Fsp3) is 0.706. The Kier molecular flexibility index (Phi) is 8.81. The summed E-state index contributed by atoms with van der Waals surface area (Å²) in [6, 6.07) is 0. The summed E-state index contributed by atoms with van der Waals surface area (Å²) in [4.78, 5) is 24.9. The summed E-state index contributed by atoms with van der Waals surface area (Å²) in [6.45, 7) is 7.36. The molecule has 2 heterocycles. The van der Waals surface area contributed by atoms with Crippen LogP contribution in [0.3, 0.4) is 0 Å². The van der Waals surface area contributed by atoms with Gasteiger partial charge in [0, 0.05) is 59.2 Å². The lowest BCUT2D eigenvalue weighted by Crippen LogP contribution is -2.55. The molecule has 2 N–H and O–H groups in total. The van der Waals surface area contributed by atoms with Crippen LogP contribution in [0.2, 0.25) is 0 Å². The third kappa shape index (κ3) is 5.32.